The smallest absolute Gasteiger partial charge is 0.161 e. The van der Waals surface area contributed by atoms with Crippen LogP contribution >= 0.6 is 34.2 Å². The fourth-order valence-electron chi connectivity index (χ4n) is 1.96. The zero-order chi connectivity index (χ0) is 13.3. The van der Waals surface area contributed by atoms with Crippen LogP contribution in [0.2, 0.25) is 5.15 Å². The van der Waals surface area contributed by atoms with Crippen molar-refractivity contribution < 1.29 is 0 Å². The van der Waals surface area contributed by atoms with Gasteiger partial charge in [-0.25, -0.2) is 9.97 Å². The Labute approximate surface area is 126 Å². The molecule has 0 atom stereocenters. The summed E-state index contributed by atoms with van der Waals surface area (Å²) < 4.78 is 1.16. The summed E-state index contributed by atoms with van der Waals surface area (Å²) in [6.45, 7) is 6.19. The lowest BCUT2D eigenvalue weighted by atomic mass is 10.0. The van der Waals surface area contributed by atoms with Crippen molar-refractivity contribution in [3.05, 3.63) is 44.2 Å². The zero-order valence-electron chi connectivity index (χ0n) is 10.5. The van der Waals surface area contributed by atoms with Crippen molar-refractivity contribution in [1.29, 1.82) is 0 Å². The van der Waals surface area contributed by atoms with Gasteiger partial charge in [-0.1, -0.05) is 37.6 Å². The van der Waals surface area contributed by atoms with E-state index in [1.54, 1.807) is 0 Å². The molecule has 0 aliphatic rings. The first-order valence-corrected chi connectivity index (χ1v) is 7.24. The predicted octanol–water partition coefficient (Wildman–Crippen LogP) is 4.83. The van der Waals surface area contributed by atoms with Crippen molar-refractivity contribution in [3.63, 3.8) is 0 Å². The van der Waals surface area contributed by atoms with Gasteiger partial charge in [-0.3, -0.25) is 0 Å². The molecule has 0 spiro atoms. The Morgan fingerprint density at radius 1 is 1.22 bits per heavy atom. The van der Waals surface area contributed by atoms with Gasteiger partial charge in [0.05, 0.1) is 0 Å². The van der Waals surface area contributed by atoms with Crippen LogP contribution in [0.3, 0.4) is 0 Å². The third kappa shape index (κ3) is 2.83. The molecule has 1 aromatic carbocycles. The molecule has 0 amide bonds. The summed E-state index contributed by atoms with van der Waals surface area (Å²) >= 11 is 8.54. The lowest BCUT2D eigenvalue weighted by molar-refractivity contribution is 0.831. The second-order valence-electron chi connectivity index (χ2n) is 4.50. The molecule has 0 radical (unpaired) electrons. The maximum Gasteiger partial charge on any atom is 0.161 e. The van der Waals surface area contributed by atoms with Crippen LogP contribution in [0.1, 0.15) is 31.0 Å². The average Bonchev–Trinajstić information content (AvgIpc) is 2.27. The van der Waals surface area contributed by atoms with Gasteiger partial charge in [0.1, 0.15) is 5.15 Å². The topological polar surface area (TPSA) is 25.8 Å². The predicted molar refractivity (Wildman–Crippen MR) is 84.0 cm³/mol. The molecule has 18 heavy (non-hydrogen) atoms. The summed E-state index contributed by atoms with van der Waals surface area (Å²) in [5, 5.41) is 0.561. The molecule has 1 heterocycles. The fraction of sp³-hybridized carbons (Fsp3) is 0.286. The summed E-state index contributed by atoms with van der Waals surface area (Å²) in [7, 11) is 0. The van der Waals surface area contributed by atoms with Crippen LogP contribution in [0, 0.1) is 10.5 Å². The zero-order valence-corrected chi connectivity index (χ0v) is 13.5. The largest absolute Gasteiger partial charge is 0.233 e. The number of rotatable bonds is 2. The van der Waals surface area contributed by atoms with Gasteiger partial charge in [0.2, 0.25) is 0 Å². The maximum atomic E-state index is 6.27. The van der Waals surface area contributed by atoms with E-state index in [-0.39, 0.29) is 0 Å². The number of hydrogen-bond acceptors (Lipinski definition) is 2. The normalized spacial score (nSPS) is 11.0. The maximum absolute atomic E-state index is 6.27. The van der Waals surface area contributed by atoms with Gasteiger partial charge >= 0.3 is 0 Å². The molecule has 0 N–H and O–H groups in total. The van der Waals surface area contributed by atoms with Crippen molar-refractivity contribution in [1.82, 2.24) is 9.97 Å². The number of hydrogen-bond donors (Lipinski definition) is 0. The highest BCUT2D eigenvalue weighted by Crippen LogP contribution is 2.28. The molecular weight excluding hydrogens is 359 g/mol. The number of aromatic nitrogens is 2. The second-order valence-corrected chi connectivity index (χ2v) is 6.11. The Bertz CT molecular complexity index is 559. The van der Waals surface area contributed by atoms with Gasteiger partial charge in [-0.05, 0) is 47.6 Å². The molecule has 0 saturated carbocycles. The summed E-state index contributed by atoms with van der Waals surface area (Å²) in [5.41, 5.74) is 2.99. The third-order valence-corrected chi connectivity index (χ3v) is 3.71. The lowest BCUT2D eigenvalue weighted by Gasteiger charge is -2.12. The second kappa shape index (κ2) is 5.53. The van der Waals surface area contributed by atoms with Crippen LogP contribution in [0.5, 0.6) is 0 Å². The van der Waals surface area contributed by atoms with Gasteiger partial charge < -0.3 is 0 Å². The molecule has 0 bridgehead atoms. The van der Waals surface area contributed by atoms with Crippen molar-refractivity contribution in [2.24, 2.45) is 0 Å². The summed E-state index contributed by atoms with van der Waals surface area (Å²) in [4.78, 5) is 8.99. The molecule has 2 nitrogen and oxygen atoms in total. The highest BCUT2D eigenvalue weighted by Gasteiger charge is 2.14. The molecule has 1 aromatic heterocycles. The molecule has 4 heteroatoms. The van der Waals surface area contributed by atoms with Gasteiger partial charge in [-0.2, -0.15) is 0 Å². The van der Waals surface area contributed by atoms with Crippen molar-refractivity contribution in [3.8, 4) is 11.4 Å². The van der Waals surface area contributed by atoms with Gasteiger partial charge in [0.15, 0.2) is 5.82 Å². The number of halogens is 2. The van der Waals surface area contributed by atoms with E-state index >= 15 is 0 Å². The van der Waals surface area contributed by atoms with E-state index in [4.69, 9.17) is 11.6 Å². The summed E-state index contributed by atoms with van der Waals surface area (Å²) in [6.07, 6.45) is 0. The van der Waals surface area contributed by atoms with Crippen LogP contribution in [-0.4, -0.2) is 9.97 Å². The molecule has 0 aliphatic carbocycles. The van der Waals surface area contributed by atoms with E-state index < -0.39 is 0 Å². The van der Waals surface area contributed by atoms with Crippen molar-refractivity contribution in [2.45, 2.75) is 26.7 Å². The standard InChI is InChI=1S/C14H14ClIN2/c1-8(2)12-9(3)17-14(18-13(12)15)10-5-4-6-11(16)7-10/h4-8H,1-3H3. The first-order chi connectivity index (χ1) is 8.49. The number of aryl methyl sites for hydroxylation is 1. The van der Waals surface area contributed by atoms with Crippen molar-refractivity contribution >= 4 is 34.2 Å². The van der Waals surface area contributed by atoms with E-state index in [1.165, 1.54) is 0 Å². The Kier molecular flexibility index (Phi) is 4.22. The first kappa shape index (κ1) is 13.7. The Morgan fingerprint density at radius 3 is 2.50 bits per heavy atom. The van der Waals surface area contributed by atoms with Gasteiger partial charge in [-0.15, -0.1) is 0 Å². The number of nitrogens with zero attached hydrogens (tertiary/aromatic N) is 2. The molecule has 0 unspecified atom stereocenters. The highest BCUT2D eigenvalue weighted by molar-refractivity contribution is 14.1. The minimum absolute atomic E-state index is 0.336. The molecule has 2 aromatic rings. The van der Waals surface area contributed by atoms with Crippen LogP contribution in [0.25, 0.3) is 11.4 Å². The quantitative estimate of drug-likeness (QED) is 0.557. The van der Waals surface area contributed by atoms with E-state index in [0.717, 1.165) is 20.4 Å². The Hall–Kier alpha value is -0.680. The van der Waals surface area contributed by atoms with E-state index in [1.807, 2.05) is 25.1 Å². The molecule has 0 aliphatic heterocycles. The lowest BCUT2D eigenvalue weighted by Crippen LogP contribution is -2.01. The molecule has 2 rings (SSSR count). The monoisotopic (exact) mass is 372 g/mol. The van der Waals surface area contributed by atoms with Gasteiger partial charge in [0, 0.05) is 20.4 Å². The minimum Gasteiger partial charge on any atom is -0.233 e. The average molecular weight is 373 g/mol. The van der Waals surface area contributed by atoms with Gasteiger partial charge in [0.25, 0.3) is 0 Å². The third-order valence-electron chi connectivity index (χ3n) is 2.75. The molecule has 0 saturated heterocycles. The molecule has 0 fully saturated rings. The van der Waals surface area contributed by atoms with Crippen LogP contribution < -0.4 is 0 Å². The minimum atomic E-state index is 0.336. The van der Waals surface area contributed by atoms with Crippen LogP contribution in [-0.2, 0) is 0 Å². The molecular formula is C14H14ClIN2. The Morgan fingerprint density at radius 2 is 1.94 bits per heavy atom. The van der Waals surface area contributed by atoms with E-state index in [0.29, 0.717) is 16.9 Å². The Balaban J connectivity index is 2.55. The molecule has 94 valence electrons. The first-order valence-electron chi connectivity index (χ1n) is 5.79. The SMILES string of the molecule is Cc1nc(-c2cccc(I)c2)nc(Cl)c1C(C)C. The highest BCUT2D eigenvalue weighted by atomic mass is 127. The van der Waals surface area contributed by atoms with E-state index in [2.05, 4.69) is 52.5 Å². The van der Waals surface area contributed by atoms with E-state index in [9.17, 15) is 0 Å². The summed E-state index contributed by atoms with van der Waals surface area (Å²) in [5.74, 6) is 1.03. The number of benzene rings is 1. The van der Waals surface area contributed by atoms with Crippen molar-refractivity contribution in [2.75, 3.05) is 0 Å². The summed E-state index contributed by atoms with van der Waals surface area (Å²) in [6, 6.07) is 8.10. The van der Waals surface area contributed by atoms with Crippen LogP contribution in [0.4, 0.5) is 0 Å². The van der Waals surface area contributed by atoms with Crippen LogP contribution in [0.15, 0.2) is 24.3 Å². The fourth-order valence-corrected chi connectivity index (χ4v) is 2.94.